The molecular weight excluding hydrogens is 319 g/mol. The first kappa shape index (κ1) is 17.1. The van der Waals surface area contributed by atoms with E-state index in [-0.39, 0.29) is 6.42 Å². The number of aromatic amines is 1. The molecule has 2 heterocycles. The van der Waals surface area contributed by atoms with Gasteiger partial charge in [0.15, 0.2) is 6.29 Å². The maximum atomic E-state index is 11.8. The summed E-state index contributed by atoms with van der Waals surface area (Å²) in [4.78, 5) is 43.1. The zero-order valence-corrected chi connectivity index (χ0v) is 12.6. The molecule has 124 valence electrons. The van der Waals surface area contributed by atoms with Gasteiger partial charge in [-0.3, -0.25) is 18.9 Å². The lowest BCUT2D eigenvalue weighted by atomic mass is 10.2. The Morgan fingerprint density at radius 2 is 2.18 bits per heavy atom. The largest absolute Gasteiger partial charge is 0.472 e. The Hall–Kier alpha value is -1.29. The van der Waals surface area contributed by atoms with Crippen molar-refractivity contribution in [1.82, 2.24) is 9.55 Å². The van der Waals surface area contributed by atoms with Gasteiger partial charge in [0.1, 0.15) is 12.3 Å². The topological polar surface area (TPSA) is 151 Å². The van der Waals surface area contributed by atoms with Gasteiger partial charge in [-0.2, -0.15) is 0 Å². The Morgan fingerprint density at radius 3 is 2.77 bits per heavy atom. The summed E-state index contributed by atoms with van der Waals surface area (Å²) in [5.41, 5.74) is -0.858. The molecule has 11 heteroatoms. The van der Waals surface area contributed by atoms with Gasteiger partial charge in [0, 0.05) is 18.2 Å². The number of nitrogens with zero attached hydrogens (tertiary/aromatic N) is 1. The van der Waals surface area contributed by atoms with Gasteiger partial charge in [0.2, 0.25) is 0 Å². The van der Waals surface area contributed by atoms with Crippen LogP contribution in [0.4, 0.5) is 0 Å². The Kier molecular flexibility index (Phi) is 5.00. The van der Waals surface area contributed by atoms with Gasteiger partial charge in [0.05, 0.1) is 0 Å². The summed E-state index contributed by atoms with van der Waals surface area (Å²) in [5.74, 6) is 0. The first-order chi connectivity index (χ1) is 10.2. The summed E-state index contributed by atoms with van der Waals surface area (Å²) in [5, 5.41) is 9.72. The maximum absolute atomic E-state index is 11.8. The Morgan fingerprint density at radius 1 is 1.50 bits per heavy atom. The molecule has 3 atom stereocenters. The summed E-state index contributed by atoms with van der Waals surface area (Å²) in [6.07, 6.45) is -1.51. The van der Waals surface area contributed by atoms with Crippen molar-refractivity contribution in [2.45, 2.75) is 44.8 Å². The molecule has 10 nitrogen and oxygen atoms in total. The van der Waals surface area contributed by atoms with Gasteiger partial charge in [-0.25, -0.2) is 9.36 Å². The minimum Gasteiger partial charge on any atom is -0.388 e. The average Bonchev–Trinajstić information content (AvgIpc) is 2.72. The summed E-state index contributed by atoms with van der Waals surface area (Å²) in [6, 6.07) is 0. The van der Waals surface area contributed by atoms with Crippen LogP contribution in [-0.4, -0.2) is 36.8 Å². The van der Waals surface area contributed by atoms with Gasteiger partial charge in [-0.1, -0.05) is 13.3 Å². The third kappa shape index (κ3) is 3.92. The van der Waals surface area contributed by atoms with Crippen LogP contribution in [0.2, 0.25) is 0 Å². The molecule has 1 aliphatic rings. The number of ether oxygens (including phenoxy) is 1. The van der Waals surface area contributed by atoms with E-state index in [1.807, 2.05) is 6.92 Å². The number of hydrogen-bond acceptors (Lipinski definition) is 6. The highest BCUT2D eigenvalue weighted by Crippen LogP contribution is 2.42. The molecule has 0 aliphatic carbocycles. The van der Waals surface area contributed by atoms with Crippen LogP contribution in [0.3, 0.4) is 0 Å². The van der Waals surface area contributed by atoms with Crippen molar-refractivity contribution in [3.63, 3.8) is 0 Å². The number of hydrogen-bond donors (Lipinski definition) is 4. The number of phosphoric acid groups is 1. The van der Waals surface area contributed by atoms with E-state index >= 15 is 0 Å². The number of aromatic nitrogens is 2. The van der Waals surface area contributed by atoms with E-state index in [1.165, 1.54) is 6.20 Å². The van der Waals surface area contributed by atoms with E-state index < -0.39 is 37.7 Å². The number of aliphatic hydroxyl groups is 1. The fourth-order valence-corrected chi connectivity index (χ4v) is 2.68. The smallest absolute Gasteiger partial charge is 0.388 e. The van der Waals surface area contributed by atoms with E-state index in [9.17, 15) is 19.3 Å². The molecule has 0 radical (unpaired) electrons. The number of phosphoric ester groups is 1. The fourth-order valence-electron chi connectivity index (χ4n) is 2.22. The lowest BCUT2D eigenvalue weighted by Gasteiger charge is -2.17. The van der Waals surface area contributed by atoms with Crippen LogP contribution in [-0.2, 0) is 20.2 Å². The molecule has 1 aromatic heterocycles. The van der Waals surface area contributed by atoms with Crippen molar-refractivity contribution in [2.75, 3.05) is 0 Å². The zero-order valence-electron chi connectivity index (χ0n) is 11.7. The molecule has 1 fully saturated rings. The number of H-pyrrole nitrogens is 1. The zero-order chi connectivity index (χ0) is 16.5. The number of aryl methyl sites for hydroxylation is 1. The number of nitrogens with one attached hydrogen (secondary N) is 1. The van der Waals surface area contributed by atoms with Crippen LogP contribution < -0.4 is 11.2 Å². The fraction of sp³-hybridized carbons (Fsp3) is 0.636. The van der Waals surface area contributed by atoms with Gasteiger partial charge in [0.25, 0.3) is 5.56 Å². The van der Waals surface area contributed by atoms with E-state index in [4.69, 9.17) is 14.5 Å². The highest BCUT2D eigenvalue weighted by Gasteiger charge is 2.40. The second kappa shape index (κ2) is 6.45. The van der Waals surface area contributed by atoms with E-state index in [0.29, 0.717) is 18.4 Å². The van der Waals surface area contributed by atoms with Gasteiger partial charge < -0.3 is 19.6 Å². The monoisotopic (exact) mass is 336 g/mol. The van der Waals surface area contributed by atoms with Crippen LogP contribution in [0.5, 0.6) is 0 Å². The van der Waals surface area contributed by atoms with Crippen LogP contribution in [0.1, 0.15) is 31.6 Å². The third-order valence-electron chi connectivity index (χ3n) is 3.16. The maximum Gasteiger partial charge on any atom is 0.472 e. The predicted octanol–water partition coefficient (Wildman–Crippen LogP) is -0.796. The van der Waals surface area contributed by atoms with E-state index in [2.05, 4.69) is 9.51 Å². The van der Waals surface area contributed by atoms with Crippen LogP contribution >= 0.6 is 7.82 Å². The molecule has 1 saturated heterocycles. The van der Waals surface area contributed by atoms with Gasteiger partial charge in [-0.15, -0.1) is 0 Å². The molecular formula is C11H17N2O8P. The minimum atomic E-state index is -4.84. The summed E-state index contributed by atoms with van der Waals surface area (Å²) < 4.78 is 21.3. The highest BCUT2D eigenvalue weighted by molar-refractivity contribution is 7.46. The molecule has 22 heavy (non-hydrogen) atoms. The lowest BCUT2D eigenvalue weighted by molar-refractivity contribution is -0.135. The molecule has 0 spiro atoms. The molecule has 0 bridgehead atoms. The molecule has 0 amide bonds. The molecule has 1 aromatic rings. The summed E-state index contributed by atoms with van der Waals surface area (Å²) >= 11 is 0. The van der Waals surface area contributed by atoms with Crippen molar-refractivity contribution in [1.29, 1.82) is 0 Å². The van der Waals surface area contributed by atoms with Crippen LogP contribution in [0.15, 0.2) is 15.8 Å². The predicted molar refractivity (Wildman–Crippen MR) is 73.0 cm³/mol. The van der Waals surface area contributed by atoms with Gasteiger partial charge >= 0.3 is 13.5 Å². The Bertz CT molecular complexity index is 692. The molecule has 0 unspecified atom stereocenters. The minimum absolute atomic E-state index is 0.109. The van der Waals surface area contributed by atoms with Crippen molar-refractivity contribution >= 4 is 7.82 Å². The van der Waals surface area contributed by atoms with Crippen LogP contribution in [0.25, 0.3) is 0 Å². The number of aliphatic hydroxyl groups excluding tert-OH is 1. The quantitative estimate of drug-likeness (QED) is 0.510. The first-order valence-electron chi connectivity index (χ1n) is 6.63. The van der Waals surface area contributed by atoms with Crippen molar-refractivity contribution in [2.24, 2.45) is 0 Å². The lowest BCUT2D eigenvalue weighted by Crippen LogP contribution is -2.34. The van der Waals surface area contributed by atoms with Crippen LogP contribution in [0, 0.1) is 0 Å². The van der Waals surface area contributed by atoms with Crippen molar-refractivity contribution in [3.05, 3.63) is 32.6 Å². The second-order valence-electron chi connectivity index (χ2n) is 4.93. The SMILES string of the molecule is CCCc1cn([C@H]2C[C@H](O)[C@@H](OP(=O)(O)O)O2)c(=O)[nH]c1=O. The first-order valence-corrected chi connectivity index (χ1v) is 8.16. The van der Waals surface area contributed by atoms with Crippen molar-refractivity contribution in [3.8, 4) is 0 Å². The van der Waals surface area contributed by atoms with E-state index in [1.54, 1.807) is 0 Å². The average molecular weight is 336 g/mol. The molecule has 4 N–H and O–H groups in total. The van der Waals surface area contributed by atoms with E-state index in [0.717, 1.165) is 4.57 Å². The molecule has 2 rings (SSSR count). The summed E-state index contributed by atoms with van der Waals surface area (Å²) in [6.45, 7) is 1.87. The molecule has 0 saturated carbocycles. The Labute approximate surface area is 124 Å². The summed E-state index contributed by atoms with van der Waals surface area (Å²) in [7, 11) is -4.84. The second-order valence-corrected chi connectivity index (χ2v) is 6.12. The normalized spacial score (nSPS) is 25.5. The Balaban J connectivity index is 2.26. The third-order valence-corrected chi connectivity index (χ3v) is 3.64. The standard InChI is InChI=1S/C11H17N2O8P/c1-2-3-6-5-13(11(16)12-9(6)15)8-4-7(14)10(20-8)21-22(17,18)19/h5,7-8,10,14H,2-4H2,1H3,(H,12,15,16)(H2,17,18,19)/t7-,8+,10+/m0/s1. The molecule has 0 aromatic carbocycles. The van der Waals surface area contributed by atoms with Gasteiger partial charge in [-0.05, 0) is 6.42 Å². The molecule has 1 aliphatic heterocycles. The highest BCUT2D eigenvalue weighted by atomic mass is 31.2. The van der Waals surface area contributed by atoms with Crippen molar-refractivity contribution < 1.29 is 28.7 Å². The number of rotatable bonds is 5.